The highest BCUT2D eigenvalue weighted by molar-refractivity contribution is 5.98. The number of carbonyl (C=O) groups excluding carboxylic acids is 1. The molecule has 1 aliphatic carbocycles. The van der Waals surface area contributed by atoms with E-state index in [2.05, 4.69) is 32.8 Å². The standard InChI is InChI=1S/C29H28F3N5O3/c1-5-7-12-34-16(3)13-17-14-18(15-17)35-27(38)25-26(21(33)6-2)40-28(37-25)20-8-10-22(39-4)24-19(20)9-11-23(36-24)29(30,31)32/h2,5,7-12,17-18,21H,3,13-15,33H2,1,4H3,(H,35,38)/b7-5-,34-12?/t17?,18?,21-/m0/s1. The monoisotopic (exact) mass is 551 g/mol. The van der Waals surface area contributed by atoms with Gasteiger partial charge in [-0.3, -0.25) is 9.79 Å². The van der Waals surface area contributed by atoms with Crippen LogP contribution in [0.2, 0.25) is 0 Å². The molecular weight excluding hydrogens is 523 g/mol. The van der Waals surface area contributed by atoms with Crippen molar-refractivity contribution >= 4 is 23.0 Å². The lowest BCUT2D eigenvalue weighted by Crippen LogP contribution is -2.44. The fraction of sp³-hybridized carbons (Fsp3) is 0.310. The molecule has 0 bridgehead atoms. The maximum absolute atomic E-state index is 13.3. The van der Waals surface area contributed by atoms with Gasteiger partial charge in [0.25, 0.3) is 5.91 Å². The summed E-state index contributed by atoms with van der Waals surface area (Å²) in [6.07, 6.45) is 8.44. The van der Waals surface area contributed by atoms with E-state index in [9.17, 15) is 18.0 Å². The lowest BCUT2D eigenvalue weighted by Gasteiger charge is -2.35. The number of ether oxygens (including phenoxy) is 1. The third-order valence-corrected chi connectivity index (χ3v) is 6.52. The van der Waals surface area contributed by atoms with Gasteiger partial charge in [-0.2, -0.15) is 13.2 Å². The average molecular weight is 552 g/mol. The molecule has 1 aliphatic rings. The van der Waals surface area contributed by atoms with Crippen LogP contribution in [-0.2, 0) is 6.18 Å². The highest BCUT2D eigenvalue weighted by Gasteiger charge is 2.35. The molecule has 0 spiro atoms. The number of aliphatic imine (C=N–C) groups is 1. The van der Waals surface area contributed by atoms with Crippen molar-refractivity contribution in [2.45, 2.75) is 44.4 Å². The van der Waals surface area contributed by atoms with Crippen LogP contribution in [0.25, 0.3) is 22.4 Å². The summed E-state index contributed by atoms with van der Waals surface area (Å²) < 4.78 is 51.0. The molecule has 4 rings (SSSR count). The molecule has 0 unspecified atom stereocenters. The maximum Gasteiger partial charge on any atom is 0.433 e. The summed E-state index contributed by atoms with van der Waals surface area (Å²) in [5.41, 5.74) is 5.87. The molecule has 208 valence electrons. The highest BCUT2D eigenvalue weighted by Crippen LogP contribution is 2.38. The van der Waals surface area contributed by atoms with Crippen molar-refractivity contribution in [3.63, 3.8) is 0 Å². The lowest BCUT2D eigenvalue weighted by molar-refractivity contribution is -0.140. The number of hydrogen-bond donors (Lipinski definition) is 2. The van der Waals surface area contributed by atoms with Gasteiger partial charge in [-0.15, -0.1) is 6.42 Å². The van der Waals surface area contributed by atoms with Crippen molar-refractivity contribution in [3.8, 4) is 29.5 Å². The molecular formula is C29H28F3N5O3. The Hall–Kier alpha value is -4.43. The fourth-order valence-corrected chi connectivity index (χ4v) is 4.49. The summed E-state index contributed by atoms with van der Waals surface area (Å²) >= 11 is 0. The van der Waals surface area contributed by atoms with Gasteiger partial charge < -0.3 is 20.2 Å². The number of terminal acetylenes is 1. The first-order valence-corrected chi connectivity index (χ1v) is 12.5. The second kappa shape index (κ2) is 11.8. The van der Waals surface area contributed by atoms with Gasteiger partial charge in [0, 0.05) is 28.9 Å². The number of methoxy groups -OCH3 is 1. The first-order valence-electron chi connectivity index (χ1n) is 12.5. The minimum atomic E-state index is -4.65. The quantitative estimate of drug-likeness (QED) is 0.264. The smallest absolute Gasteiger partial charge is 0.433 e. The van der Waals surface area contributed by atoms with E-state index < -0.39 is 23.8 Å². The number of carbonyl (C=O) groups is 1. The second-order valence-electron chi connectivity index (χ2n) is 9.36. The fourth-order valence-electron chi connectivity index (χ4n) is 4.49. The van der Waals surface area contributed by atoms with Crippen LogP contribution in [-0.4, -0.2) is 35.2 Å². The largest absolute Gasteiger partial charge is 0.494 e. The van der Waals surface area contributed by atoms with Crippen LogP contribution in [0.15, 0.2) is 58.1 Å². The van der Waals surface area contributed by atoms with E-state index in [1.165, 1.54) is 19.2 Å². The van der Waals surface area contributed by atoms with Gasteiger partial charge in [0.2, 0.25) is 5.89 Å². The first-order chi connectivity index (χ1) is 19.0. The number of allylic oxidation sites excluding steroid dienone is 3. The number of nitrogens with two attached hydrogens (primary N) is 1. The molecule has 0 saturated heterocycles. The molecule has 0 aliphatic heterocycles. The van der Waals surface area contributed by atoms with Crippen LogP contribution in [0, 0.1) is 18.3 Å². The van der Waals surface area contributed by atoms with Gasteiger partial charge in [0.05, 0.1) is 7.11 Å². The van der Waals surface area contributed by atoms with Crippen LogP contribution >= 0.6 is 0 Å². The number of amides is 1. The number of nitrogens with one attached hydrogen (secondary N) is 1. The van der Waals surface area contributed by atoms with Crippen molar-refractivity contribution < 1.29 is 27.1 Å². The van der Waals surface area contributed by atoms with Crippen LogP contribution in [0.5, 0.6) is 5.75 Å². The molecule has 3 N–H and O–H groups in total. The predicted molar refractivity (Wildman–Crippen MR) is 146 cm³/mol. The zero-order valence-electron chi connectivity index (χ0n) is 22.0. The van der Waals surface area contributed by atoms with Crippen molar-refractivity contribution in [2.24, 2.45) is 16.6 Å². The van der Waals surface area contributed by atoms with Crippen LogP contribution in [0.4, 0.5) is 13.2 Å². The molecule has 3 aromatic rings. The number of alkyl halides is 3. The van der Waals surface area contributed by atoms with Crippen LogP contribution in [0.1, 0.15) is 54.2 Å². The number of hydrogen-bond acceptors (Lipinski definition) is 7. The van der Waals surface area contributed by atoms with Crippen molar-refractivity contribution in [3.05, 3.63) is 65.8 Å². The van der Waals surface area contributed by atoms with E-state index in [1.54, 1.807) is 12.3 Å². The summed E-state index contributed by atoms with van der Waals surface area (Å²) in [6.45, 7) is 5.86. The number of nitrogens with zero attached hydrogens (tertiary/aromatic N) is 3. The van der Waals surface area contributed by atoms with E-state index in [1.807, 2.05) is 19.1 Å². The van der Waals surface area contributed by atoms with Crippen LogP contribution in [0.3, 0.4) is 0 Å². The van der Waals surface area contributed by atoms with Crippen molar-refractivity contribution in [1.82, 2.24) is 15.3 Å². The van der Waals surface area contributed by atoms with Gasteiger partial charge in [-0.25, -0.2) is 9.97 Å². The minimum Gasteiger partial charge on any atom is -0.494 e. The summed E-state index contributed by atoms with van der Waals surface area (Å²) in [5, 5.41) is 3.21. The summed E-state index contributed by atoms with van der Waals surface area (Å²) in [7, 11) is 1.33. The molecule has 8 nitrogen and oxygen atoms in total. The van der Waals surface area contributed by atoms with Crippen molar-refractivity contribution in [1.29, 1.82) is 0 Å². The molecule has 1 amide bonds. The zero-order valence-corrected chi connectivity index (χ0v) is 22.0. The number of oxazole rings is 1. The Labute approximate surface area is 229 Å². The second-order valence-corrected chi connectivity index (χ2v) is 9.36. The Balaban J connectivity index is 1.59. The van der Waals surface area contributed by atoms with Gasteiger partial charge in [-0.1, -0.05) is 18.6 Å². The summed E-state index contributed by atoms with van der Waals surface area (Å²) in [4.78, 5) is 25.6. The molecule has 2 aromatic heterocycles. The van der Waals surface area contributed by atoms with Gasteiger partial charge in [-0.05, 0) is 62.4 Å². The molecule has 1 saturated carbocycles. The number of pyridine rings is 1. The summed E-state index contributed by atoms with van der Waals surface area (Å²) in [5.74, 6) is 2.21. The van der Waals surface area contributed by atoms with E-state index in [0.29, 0.717) is 11.5 Å². The van der Waals surface area contributed by atoms with Crippen molar-refractivity contribution in [2.75, 3.05) is 7.11 Å². The molecule has 40 heavy (non-hydrogen) atoms. The Morgan fingerprint density at radius 1 is 1.35 bits per heavy atom. The molecule has 1 fully saturated rings. The minimum absolute atomic E-state index is 0.0265. The molecule has 11 heteroatoms. The molecule has 0 radical (unpaired) electrons. The maximum atomic E-state index is 13.3. The highest BCUT2D eigenvalue weighted by atomic mass is 19.4. The van der Waals surface area contributed by atoms with Gasteiger partial charge in [0.1, 0.15) is 23.0 Å². The van der Waals surface area contributed by atoms with Gasteiger partial charge in [0.15, 0.2) is 11.5 Å². The van der Waals surface area contributed by atoms with E-state index >= 15 is 0 Å². The molecule has 1 aromatic carbocycles. The van der Waals surface area contributed by atoms with E-state index in [-0.39, 0.29) is 40.0 Å². The molecule has 2 heterocycles. The normalized spacial score (nSPS) is 18.0. The third kappa shape index (κ3) is 6.07. The number of benzene rings is 1. The van der Waals surface area contributed by atoms with E-state index in [4.69, 9.17) is 21.3 Å². The predicted octanol–water partition coefficient (Wildman–Crippen LogP) is 5.61. The number of rotatable bonds is 9. The van der Waals surface area contributed by atoms with Gasteiger partial charge >= 0.3 is 6.18 Å². The number of aromatic nitrogens is 2. The number of halogens is 3. The Morgan fingerprint density at radius 2 is 2.10 bits per heavy atom. The third-order valence-electron chi connectivity index (χ3n) is 6.52. The topological polar surface area (TPSA) is 116 Å². The van der Waals surface area contributed by atoms with E-state index in [0.717, 1.165) is 31.0 Å². The first kappa shape index (κ1) is 28.6. The van der Waals surface area contributed by atoms with Crippen LogP contribution < -0.4 is 15.8 Å². The SMILES string of the molecule is C#C[C@H](N)c1oc(-c2ccc(OC)c3nc(C(F)(F)F)ccc23)nc1C(=O)NC1CC(CC(=C)N=C/C=C\C)C1. The Bertz CT molecular complexity index is 1530. The lowest BCUT2D eigenvalue weighted by atomic mass is 9.77. The Kier molecular flexibility index (Phi) is 8.40. The Morgan fingerprint density at radius 3 is 2.75 bits per heavy atom. The molecule has 1 atom stereocenters. The number of fused-ring (bicyclic) bond motifs is 1. The summed E-state index contributed by atoms with van der Waals surface area (Å²) in [6, 6.07) is 3.93. The zero-order chi connectivity index (χ0) is 29.0. The average Bonchev–Trinajstić information content (AvgIpc) is 3.35.